The molecule has 5 nitrogen and oxygen atoms in total. The van der Waals surface area contributed by atoms with Crippen molar-refractivity contribution in [3.05, 3.63) is 35.7 Å². The zero-order chi connectivity index (χ0) is 13.9. The fraction of sp³-hybridized carbons (Fsp3) is 0.467. The second-order valence-electron chi connectivity index (χ2n) is 5.44. The Morgan fingerprint density at radius 1 is 1.25 bits per heavy atom. The Hall–Kier alpha value is -1.72. The van der Waals surface area contributed by atoms with E-state index in [1.165, 1.54) is 18.4 Å². The molecule has 1 aromatic carbocycles. The van der Waals surface area contributed by atoms with Crippen LogP contribution in [0.4, 0.5) is 0 Å². The van der Waals surface area contributed by atoms with Gasteiger partial charge in [-0.25, -0.2) is 0 Å². The summed E-state index contributed by atoms with van der Waals surface area (Å²) < 4.78 is 5.32. The van der Waals surface area contributed by atoms with Gasteiger partial charge < -0.3 is 15.2 Å². The van der Waals surface area contributed by atoms with Gasteiger partial charge in [0, 0.05) is 12.1 Å². The van der Waals surface area contributed by atoms with Crippen LogP contribution in [0.2, 0.25) is 0 Å². The van der Waals surface area contributed by atoms with Crippen LogP contribution in [0.1, 0.15) is 30.3 Å². The van der Waals surface area contributed by atoms with Crippen LogP contribution < -0.4 is 5.73 Å². The van der Waals surface area contributed by atoms with E-state index in [1.807, 2.05) is 24.3 Å². The third kappa shape index (κ3) is 2.89. The molecule has 3 rings (SSSR count). The van der Waals surface area contributed by atoms with Crippen LogP contribution in [-0.2, 0) is 0 Å². The van der Waals surface area contributed by atoms with Crippen LogP contribution in [-0.4, -0.2) is 34.7 Å². The van der Waals surface area contributed by atoms with E-state index in [-0.39, 0.29) is 6.04 Å². The van der Waals surface area contributed by atoms with E-state index in [9.17, 15) is 0 Å². The minimum absolute atomic E-state index is 0.184. The molecule has 1 atom stereocenters. The highest BCUT2D eigenvalue weighted by Crippen LogP contribution is 2.20. The summed E-state index contributed by atoms with van der Waals surface area (Å²) in [6.45, 7) is 5.09. The van der Waals surface area contributed by atoms with E-state index in [2.05, 4.69) is 22.0 Å². The smallest absolute Gasteiger partial charge is 0.257 e. The van der Waals surface area contributed by atoms with Crippen molar-refractivity contribution in [1.29, 1.82) is 0 Å². The van der Waals surface area contributed by atoms with Crippen molar-refractivity contribution in [1.82, 2.24) is 15.0 Å². The fourth-order valence-corrected chi connectivity index (χ4v) is 2.52. The maximum atomic E-state index is 6.16. The molecule has 0 radical (unpaired) electrons. The normalized spacial score (nSPS) is 17.5. The first-order chi connectivity index (χ1) is 9.72. The second-order valence-corrected chi connectivity index (χ2v) is 5.44. The van der Waals surface area contributed by atoms with Crippen molar-refractivity contribution in [2.24, 2.45) is 5.73 Å². The molecule has 5 heteroatoms. The number of likely N-dealkylation sites (tertiary alicyclic amines) is 1. The standard InChI is InChI=1S/C15H20N4O/c1-11-4-6-12(7-5-11)15-17-14(18-20-15)13(16)10-19-8-2-3-9-19/h4-7,13H,2-3,8-10,16H2,1H3. The number of hydrogen-bond donors (Lipinski definition) is 1. The van der Waals surface area contributed by atoms with Gasteiger partial charge in [-0.3, -0.25) is 0 Å². The average Bonchev–Trinajstić information content (AvgIpc) is 3.10. The Balaban J connectivity index is 1.70. The minimum atomic E-state index is -0.184. The third-order valence-corrected chi connectivity index (χ3v) is 3.73. The molecule has 1 unspecified atom stereocenters. The lowest BCUT2D eigenvalue weighted by atomic mass is 10.1. The van der Waals surface area contributed by atoms with Gasteiger partial charge >= 0.3 is 0 Å². The Morgan fingerprint density at radius 3 is 2.65 bits per heavy atom. The van der Waals surface area contributed by atoms with Gasteiger partial charge in [0.2, 0.25) is 0 Å². The number of rotatable bonds is 4. The number of nitrogens with two attached hydrogens (primary N) is 1. The van der Waals surface area contributed by atoms with Crippen molar-refractivity contribution in [3.63, 3.8) is 0 Å². The summed E-state index contributed by atoms with van der Waals surface area (Å²) in [5.74, 6) is 1.13. The van der Waals surface area contributed by atoms with Crippen molar-refractivity contribution in [3.8, 4) is 11.5 Å². The number of hydrogen-bond acceptors (Lipinski definition) is 5. The molecule has 2 N–H and O–H groups in total. The van der Waals surface area contributed by atoms with Gasteiger partial charge in [0.05, 0.1) is 6.04 Å². The summed E-state index contributed by atoms with van der Waals surface area (Å²) in [7, 11) is 0. The molecule has 2 heterocycles. The lowest BCUT2D eigenvalue weighted by Gasteiger charge is -2.17. The van der Waals surface area contributed by atoms with Crippen LogP contribution in [0, 0.1) is 6.92 Å². The average molecular weight is 272 g/mol. The van der Waals surface area contributed by atoms with Gasteiger partial charge in [-0.15, -0.1) is 0 Å². The number of aromatic nitrogens is 2. The quantitative estimate of drug-likeness (QED) is 0.923. The zero-order valence-electron chi connectivity index (χ0n) is 11.7. The highest BCUT2D eigenvalue weighted by atomic mass is 16.5. The molecule has 1 aromatic heterocycles. The summed E-state index contributed by atoms with van der Waals surface area (Å²) in [4.78, 5) is 6.78. The van der Waals surface area contributed by atoms with Crippen LogP contribution in [0.15, 0.2) is 28.8 Å². The molecule has 0 spiro atoms. The molecule has 0 bridgehead atoms. The zero-order valence-corrected chi connectivity index (χ0v) is 11.7. The number of nitrogens with zero attached hydrogens (tertiary/aromatic N) is 3. The Morgan fingerprint density at radius 2 is 1.95 bits per heavy atom. The topological polar surface area (TPSA) is 68.2 Å². The molecule has 106 valence electrons. The maximum absolute atomic E-state index is 6.16. The van der Waals surface area contributed by atoms with E-state index in [4.69, 9.17) is 10.3 Å². The van der Waals surface area contributed by atoms with Crippen LogP contribution in [0.5, 0.6) is 0 Å². The molecule has 20 heavy (non-hydrogen) atoms. The number of benzene rings is 1. The van der Waals surface area contributed by atoms with Gasteiger partial charge in [0.15, 0.2) is 5.82 Å². The van der Waals surface area contributed by atoms with Crippen LogP contribution in [0.25, 0.3) is 11.5 Å². The van der Waals surface area contributed by atoms with Gasteiger partial charge in [0.25, 0.3) is 5.89 Å². The van der Waals surface area contributed by atoms with Crippen molar-refractivity contribution in [2.75, 3.05) is 19.6 Å². The monoisotopic (exact) mass is 272 g/mol. The van der Waals surface area contributed by atoms with Gasteiger partial charge in [-0.2, -0.15) is 4.98 Å². The highest BCUT2D eigenvalue weighted by Gasteiger charge is 2.20. The first kappa shape index (κ1) is 13.3. The van der Waals surface area contributed by atoms with Gasteiger partial charge in [-0.1, -0.05) is 22.9 Å². The van der Waals surface area contributed by atoms with Crippen molar-refractivity contribution < 1.29 is 4.52 Å². The van der Waals surface area contributed by atoms with Crippen LogP contribution in [0.3, 0.4) is 0 Å². The lowest BCUT2D eigenvalue weighted by molar-refractivity contribution is 0.306. The third-order valence-electron chi connectivity index (χ3n) is 3.73. The highest BCUT2D eigenvalue weighted by molar-refractivity contribution is 5.53. The summed E-state index contributed by atoms with van der Waals surface area (Å²) in [6, 6.07) is 7.85. The summed E-state index contributed by atoms with van der Waals surface area (Å²) in [5.41, 5.74) is 8.30. The maximum Gasteiger partial charge on any atom is 0.257 e. The predicted molar refractivity (Wildman–Crippen MR) is 77.1 cm³/mol. The molecular formula is C15H20N4O. The largest absolute Gasteiger partial charge is 0.334 e. The minimum Gasteiger partial charge on any atom is -0.334 e. The molecule has 0 amide bonds. The first-order valence-electron chi connectivity index (χ1n) is 7.11. The van der Waals surface area contributed by atoms with Crippen LogP contribution >= 0.6 is 0 Å². The molecule has 0 saturated carbocycles. The first-order valence-corrected chi connectivity index (χ1v) is 7.11. The molecule has 1 saturated heterocycles. The Labute approximate surface area is 118 Å². The summed E-state index contributed by atoms with van der Waals surface area (Å²) >= 11 is 0. The molecule has 1 fully saturated rings. The molecular weight excluding hydrogens is 252 g/mol. The molecule has 1 aliphatic heterocycles. The van der Waals surface area contributed by atoms with E-state index in [1.54, 1.807) is 0 Å². The van der Waals surface area contributed by atoms with Crippen molar-refractivity contribution >= 4 is 0 Å². The predicted octanol–water partition coefficient (Wildman–Crippen LogP) is 2.14. The summed E-state index contributed by atoms with van der Waals surface area (Å²) in [6.07, 6.45) is 2.52. The fourth-order valence-electron chi connectivity index (χ4n) is 2.52. The number of aryl methyl sites for hydroxylation is 1. The second kappa shape index (κ2) is 5.73. The van der Waals surface area contributed by atoms with E-state index >= 15 is 0 Å². The Bertz CT molecular complexity index is 558. The van der Waals surface area contributed by atoms with Gasteiger partial charge in [-0.05, 0) is 45.0 Å². The van der Waals surface area contributed by atoms with E-state index in [0.29, 0.717) is 11.7 Å². The van der Waals surface area contributed by atoms with Gasteiger partial charge in [0.1, 0.15) is 0 Å². The summed E-state index contributed by atoms with van der Waals surface area (Å²) in [5, 5.41) is 4.02. The van der Waals surface area contributed by atoms with Crippen molar-refractivity contribution in [2.45, 2.75) is 25.8 Å². The van der Waals surface area contributed by atoms with E-state index in [0.717, 1.165) is 25.2 Å². The van der Waals surface area contributed by atoms with E-state index < -0.39 is 0 Å². The molecule has 0 aliphatic carbocycles. The lowest BCUT2D eigenvalue weighted by Crippen LogP contribution is -2.30. The molecule has 1 aliphatic rings. The SMILES string of the molecule is Cc1ccc(-c2nc(C(N)CN3CCCC3)no2)cc1. The Kier molecular flexibility index (Phi) is 3.80. The molecule has 2 aromatic rings.